The van der Waals surface area contributed by atoms with Gasteiger partial charge in [0.05, 0.1) is 18.4 Å². The van der Waals surface area contributed by atoms with Gasteiger partial charge in [0.2, 0.25) is 0 Å². The third kappa shape index (κ3) is 2.85. The fourth-order valence-electron chi connectivity index (χ4n) is 2.41. The lowest BCUT2D eigenvalue weighted by Gasteiger charge is -2.08. The minimum absolute atomic E-state index is 0.0758. The number of nitrogens with zero attached hydrogens (tertiary/aromatic N) is 1. The average Bonchev–Trinajstić information content (AvgIpc) is 2.74. The van der Waals surface area contributed by atoms with Crippen LogP contribution in [0.2, 0.25) is 0 Å². The molecule has 0 bridgehead atoms. The number of carbonyl (C=O) groups is 1. The van der Waals surface area contributed by atoms with Crippen molar-refractivity contribution in [1.82, 2.24) is 0 Å². The van der Waals surface area contributed by atoms with Gasteiger partial charge in [0.25, 0.3) is 0 Å². The first-order chi connectivity index (χ1) is 8.19. The molecule has 1 aromatic carbocycles. The van der Waals surface area contributed by atoms with Crippen molar-refractivity contribution < 1.29 is 9.90 Å². The van der Waals surface area contributed by atoms with Crippen molar-refractivity contribution in [2.45, 2.75) is 32.1 Å². The summed E-state index contributed by atoms with van der Waals surface area (Å²) < 4.78 is 0. The zero-order valence-corrected chi connectivity index (χ0v) is 9.65. The maximum absolute atomic E-state index is 10.6. The summed E-state index contributed by atoms with van der Waals surface area (Å²) in [6.45, 7) is 0. The van der Waals surface area contributed by atoms with Gasteiger partial charge >= 0.3 is 5.97 Å². The van der Waals surface area contributed by atoms with Gasteiger partial charge in [0.15, 0.2) is 0 Å². The molecule has 1 aromatic rings. The fourth-order valence-corrected chi connectivity index (χ4v) is 2.41. The number of aryl methyl sites for hydroxylation is 2. The molecule has 3 heteroatoms. The van der Waals surface area contributed by atoms with Gasteiger partial charge in [-0.3, -0.25) is 4.79 Å². The van der Waals surface area contributed by atoms with E-state index in [4.69, 9.17) is 10.4 Å². The molecular formula is C14H15NO2. The number of hydrogen-bond acceptors (Lipinski definition) is 2. The SMILES string of the molecule is N#CC(CC(=O)O)Cc1ccc2c(c1)CCC2. The standard InChI is InChI=1S/C14H15NO2/c15-9-11(8-14(16)17)6-10-4-5-12-2-1-3-13(12)7-10/h4-5,7,11H,1-3,6,8H2,(H,16,17). The number of hydrogen-bond donors (Lipinski definition) is 1. The summed E-state index contributed by atoms with van der Waals surface area (Å²) in [6.07, 6.45) is 3.92. The van der Waals surface area contributed by atoms with Crippen LogP contribution in [0.3, 0.4) is 0 Å². The summed E-state index contributed by atoms with van der Waals surface area (Å²) in [4.78, 5) is 10.6. The van der Waals surface area contributed by atoms with Crippen LogP contribution in [-0.4, -0.2) is 11.1 Å². The molecule has 0 aliphatic heterocycles. The number of nitriles is 1. The molecule has 1 aliphatic carbocycles. The lowest BCUT2D eigenvalue weighted by Crippen LogP contribution is -2.08. The summed E-state index contributed by atoms with van der Waals surface area (Å²) in [7, 11) is 0. The van der Waals surface area contributed by atoms with Crippen molar-refractivity contribution in [3.63, 3.8) is 0 Å². The number of rotatable bonds is 4. The molecule has 1 N–H and O–H groups in total. The van der Waals surface area contributed by atoms with E-state index >= 15 is 0 Å². The van der Waals surface area contributed by atoms with Crippen molar-refractivity contribution >= 4 is 5.97 Å². The van der Waals surface area contributed by atoms with Crippen LogP contribution in [0, 0.1) is 17.2 Å². The Bertz CT molecular complexity index is 474. The number of aliphatic carboxylic acids is 1. The highest BCUT2D eigenvalue weighted by Gasteiger charge is 2.15. The normalized spacial score (nSPS) is 15.0. The molecule has 0 spiro atoms. The number of fused-ring (bicyclic) bond motifs is 1. The molecule has 1 aliphatic rings. The minimum Gasteiger partial charge on any atom is -0.481 e. The topological polar surface area (TPSA) is 61.1 Å². The first-order valence-electron chi connectivity index (χ1n) is 5.91. The molecule has 1 atom stereocenters. The number of carboxylic acids is 1. The van der Waals surface area contributed by atoms with Crippen molar-refractivity contribution in [3.8, 4) is 6.07 Å². The molecule has 88 valence electrons. The Hall–Kier alpha value is -1.82. The summed E-state index contributed by atoms with van der Waals surface area (Å²) in [6, 6.07) is 8.34. The van der Waals surface area contributed by atoms with Gasteiger partial charge in [-0.25, -0.2) is 0 Å². The Labute approximate surface area is 101 Å². The highest BCUT2D eigenvalue weighted by Crippen LogP contribution is 2.24. The van der Waals surface area contributed by atoms with Gasteiger partial charge in [0, 0.05) is 0 Å². The Morgan fingerprint density at radius 2 is 2.18 bits per heavy atom. The zero-order chi connectivity index (χ0) is 12.3. The molecule has 1 unspecified atom stereocenters. The molecule has 0 saturated heterocycles. The average molecular weight is 229 g/mol. The van der Waals surface area contributed by atoms with E-state index in [1.807, 2.05) is 6.07 Å². The van der Waals surface area contributed by atoms with Crippen LogP contribution in [0.1, 0.15) is 29.5 Å². The molecular weight excluding hydrogens is 214 g/mol. The van der Waals surface area contributed by atoms with E-state index in [0.717, 1.165) is 18.4 Å². The Balaban J connectivity index is 2.08. The van der Waals surface area contributed by atoms with Crippen molar-refractivity contribution in [3.05, 3.63) is 34.9 Å². The van der Waals surface area contributed by atoms with Crippen molar-refractivity contribution in [2.24, 2.45) is 5.92 Å². The van der Waals surface area contributed by atoms with E-state index < -0.39 is 11.9 Å². The van der Waals surface area contributed by atoms with E-state index in [1.165, 1.54) is 17.5 Å². The lowest BCUT2D eigenvalue weighted by molar-refractivity contribution is -0.137. The maximum atomic E-state index is 10.6. The third-order valence-corrected chi connectivity index (χ3v) is 3.25. The van der Waals surface area contributed by atoms with Crippen LogP contribution >= 0.6 is 0 Å². The Morgan fingerprint density at radius 1 is 1.41 bits per heavy atom. The summed E-state index contributed by atoms with van der Waals surface area (Å²) in [5, 5.41) is 17.6. The second kappa shape index (κ2) is 5.01. The smallest absolute Gasteiger partial charge is 0.304 e. The molecule has 0 saturated carbocycles. The fraction of sp³-hybridized carbons (Fsp3) is 0.429. The van der Waals surface area contributed by atoms with Gasteiger partial charge < -0.3 is 5.11 Å². The largest absolute Gasteiger partial charge is 0.481 e. The molecule has 0 fully saturated rings. The first kappa shape index (κ1) is 11.7. The van der Waals surface area contributed by atoms with E-state index in [2.05, 4.69) is 18.2 Å². The van der Waals surface area contributed by atoms with E-state index in [1.54, 1.807) is 0 Å². The minimum atomic E-state index is -0.905. The third-order valence-electron chi connectivity index (χ3n) is 3.25. The lowest BCUT2D eigenvalue weighted by atomic mass is 9.95. The zero-order valence-electron chi connectivity index (χ0n) is 9.65. The quantitative estimate of drug-likeness (QED) is 0.861. The highest BCUT2D eigenvalue weighted by atomic mass is 16.4. The van der Waals surface area contributed by atoms with Gasteiger partial charge in [0.1, 0.15) is 0 Å². The van der Waals surface area contributed by atoms with Crippen molar-refractivity contribution in [2.75, 3.05) is 0 Å². The molecule has 0 aromatic heterocycles. The Morgan fingerprint density at radius 3 is 2.88 bits per heavy atom. The van der Waals surface area contributed by atoms with E-state index in [9.17, 15) is 4.79 Å². The predicted octanol–water partition coefficient (Wildman–Crippen LogP) is 2.33. The maximum Gasteiger partial charge on any atom is 0.304 e. The molecule has 17 heavy (non-hydrogen) atoms. The molecule has 2 rings (SSSR count). The molecule has 3 nitrogen and oxygen atoms in total. The summed E-state index contributed by atoms with van der Waals surface area (Å²) in [5.74, 6) is -1.33. The van der Waals surface area contributed by atoms with Gasteiger partial charge in [-0.05, 0) is 42.4 Å². The van der Waals surface area contributed by atoms with Crippen LogP contribution in [0.15, 0.2) is 18.2 Å². The van der Waals surface area contributed by atoms with Gasteiger partial charge in [-0.2, -0.15) is 5.26 Å². The highest BCUT2D eigenvalue weighted by molar-refractivity contribution is 5.67. The van der Waals surface area contributed by atoms with E-state index in [-0.39, 0.29) is 6.42 Å². The van der Waals surface area contributed by atoms with Crippen LogP contribution in [0.4, 0.5) is 0 Å². The summed E-state index contributed by atoms with van der Waals surface area (Å²) in [5.41, 5.74) is 3.86. The van der Waals surface area contributed by atoms with E-state index in [0.29, 0.717) is 6.42 Å². The second-order valence-electron chi connectivity index (χ2n) is 4.58. The van der Waals surface area contributed by atoms with Gasteiger partial charge in [-0.15, -0.1) is 0 Å². The van der Waals surface area contributed by atoms with Gasteiger partial charge in [-0.1, -0.05) is 18.2 Å². The number of carboxylic acid groups (broad SMARTS) is 1. The van der Waals surface area contributed by atoms with Crippen LogP contribution in [0.5, 0.6) is 0 Å². The predicted molar refractivity (Wildman–Crippen MR) is 63.5 cm³/mol. The van der Waals surface area contributed by atoms with Crippen LogP contribution in [0.25, 0.3) is 0 Å². The molecule has 0 radical (unpaired) electrons. The second-order valence-corrected chi connectivity index (χ2v) is 4.58. The van der Waals surface area contributed by atoms with Crippen LogP contribution in [-0.2, 0) is 24.1 Å². The Kier molecular flexibility index (Phi) is 3.43. The first-order valence-corrected chi connectivity index (χ1v) is 5.91. The monoisotopic (exact) mass is 229 g/mol. The molecule has 0 amide bonds. The molecule has 0 heterocycles. The number of benzene rings is 1. The van der Waals surface area contributed by atoms with Crippen molar-refractivity contribution in [1.29, 1.82) is 5.26 Å². The summed E-state index contributed by atoms with van der Waals surface area (Å²) >= 11 is 0. The van der Waals surface area contributed by atoms with Crippen LogP contribution < -0.4 is 0 Å².